The van der Waals surface area contributed by atoms with Crippen molar-refractivity contribution in [2.75, 3.05) is 7.11 Å². The Morgan fingerprint density at radius 2 is 2.21 bits per heavy atom. The van der Waals surface area contributed by atoms with E-state index < -0.39 is 0 Å². The zero-order valence-electron chi connectivity index (χ0n) is 7.44. The largest absolute Gasteiger partial charge is 0.487 e. The Bertz CT molecular complexity index is 525. The second kappa shape index (κ2) is 3.52. The van der Waals surface area contributed by atoms with Crippen molar-refractivity contribution in [1.29, 1.82) is 5.26 Å². The van der Waals surface area contributed by atoms with Crippen LogP contribution in [0.2, 0.25) is 0 Å². The van der Waals surface area contributed by atoms with Crippen LogP contribution in [0.3, 0.4) is 0 Å². The normalized spacial score (nSPS) is 10.1. The predicted molar refractivity (Wildman–Crippen MR) is 60.3 cm³/mol. The molecule has 0 amide bonds. The van der Waals surface area contributed by atoms with E-state index in [4.69, 9.17) is 10.00 Å². The molecule has 0 radical (unpaired) electrons. The van der Waals surface area contributed by atoms with Crippen LogP contribution in [0.5, 0.6) is 5.06 Å². The molecule has 1 aromatic heterocycles. The lowest BCUT2D eigenvalue weighted by atomic mass is 10.2. The van der Waals surface area contributed by atoms with E-state index in [0.717, 1.165) is 20.0 Å². The second-order valence-corrected chi connectivity index (χ2v) is 4.32. The average molecular weight is 221 g/mol. The SMILES string of the molecule is COc1cc2c(S)cc(C#N)cc2s1. The summed E-state index contributed by atoms with van der Waals surface area (Å²) in [5.41, 5.74) is 0.631. The van der Waals surface area contributed by atoms with Crippen LogP contribution in [-0.4, -0.2) is 7.11 Å². The number of thiol groups is 1. The summed E-state index contributed by atoms with van der Waals surface area (Å²) in [7, 11) is 1.63. The molecule has 0 unspecified atom stereocenters. The molecule has 0 N–H and O–H groups in total. The van der Waals surface area contributed by atoms with Crippen molar-refractivity contribution in [2.24, 2.45) is 0 Å². The third-order valence-electron chi connectivity index (χ3n) is 1.92. The number of fused-ring (bicyclic) bond motifs is 1. The minimum Gasteiger partial charge on any atom is -0.487 e. The molecule has 2 rings (SSSR count). The molecule has 0 saturated heterocycles. The molecule has 4 heteroatoms. The van der Waals surface area contributed by atoms with Crippen LogP contribution < -0.4 is 4.74 Å². The van der Waals surface area contributed by atoms with Gasteiger partial charge in [-0.05, 0) is 12.1 Å². The third kappa shape index (κ3) is 1.45. The molecule has 0 aliphatic rings. The molecule has 0 aliphatic carbocycles. The Morgan fingerprint density at radius 3 is 2.86 bits per heavy atom. The van der Waals surface area contributed by atoms with Gasteiger partial charge < -0.3 is 4.74 Å². The van der Waals surface area contributed by atoms with Crippen molar-refractivity contribution >= 4 is 34.1 Å². The van der Waals surface area contributed by atoms with Crippen LogP contribution in [0.1, 0.15) is 5.56 Å². The van der Waals surface area contributed by atoms with Gasteiger partial charge in [-0.25, -0.2) is 0 Å². The topological polar surface area (TPSA) is 33.0 Å². The highest BCUT2D eigenvalue weighted by Gasteiger charge is 2.06. The van der Waals surface area contributed by atoms with E-state index in [1.54, 1.807) is 13.2 Å². The number of thiophene rings is 1. The quantitative estimate of drug-likeness (QED) is 0.751. The van der Waals surface area contributed by atoms with E-state index in [-0.39, 0.29) is 0 Å². The molecule has 0 aliphatic heterocycles. The Labute approximate surface area is 91.1 Å². The maximum absolute atomic E-state index is 8.77. The fourth-order valence-corrected chi connectivity index (χ4v) is 2.60. The van der Waals surface area contributed by atoms with E-state index in [0.29, 0.717) is 5.56 Å². The number of ether oxygens (including phenoxy) is 1. The van der Waals surface area contributed by atoms with Crippen molar-refractivity contribution < 1.29 is 4.74 Å². The lowest BCUT2D eigenvalue weighted by Crippen LogP contribution is -1.75. The van der Waals surface area contributed by atoms with Gasteiger partial charge in [0.1, 0.15) is 0 Å². The molecule has 1 aromatic carbocycles. The van der Waals surface area contributed by atoms with Gasteiger partial charge in [-0.1, -0.05) is 11.3 Å². The summed E-state index contributed by atoms with van der Waals surface area (Å²) in [6.45, 7) is 0. The first-order valence-electron chi connectivity index (χ1n) is 3.95. The Kier molecular flexibility index (Phi) is 2.36. The third-order valence-corrected chi connectivity index (χ3v) is 3.34. The van der Waals surface area contributed by atoms with Crippen molar-refractivity contribution in [2.45, 2.75) is 4.90 Å². The summed E-state index contributed by atoms with van der Waals surface area (Å²) >= 11 is 5.84. The first kappa shape index (κ1) is 9.38. The maximum atomic E-state index is 8.77. The van der Waals surface area contributed by atoms with Crippen LogP contribution in [-0.2, 0) is 0 Å². The lowest BCUT2D eigenvalue weighted by molar-refractivity contribution is 0.427. The van der Waals surface area contributed by atoms with Gasteiger partial charge in [0.15, 0.2) is 5.06 Å². The highest BCUT2D eigenvalue weighted by atomic mass is 32.1. The highest BCUT2D eigenvalue weighted by Crippen LogP contribution is 2.35. The van der Waals surface area contributed by atoms with Gasteiger partial charge in [-0.2, -0.15) is 5.26 Å². The molecule has 0 saturated carbocycles. The van der Waals surface area contributed by atoms with Crippen molar-refractivity contribution in [3.05, 3.63) is 23.8 Å². The molecule has 0 spiro atoms. The molecule has 0 fully saturated rings. The fraction of sp³-hybridized carbons (Fsp3) is 0.100. The number of hydrogen-bond donors (Lipinski definition) is 1. The predicted octanol–water partition coefficient (Wildman–Crippen LogP) is 3.07. The van der Waals surface area contributed by atoms with Crippen LogP contribution in [0.4, 0.5) is 0 Å². The van der Waals surface area contributed by atoms with Gasteiger partial charge in [0.2, 0.25) is 0 Å². The van der Waals surface area contributed by atoms with Crippen molar-refractivity contribution in [3.8, 4) is 11.1 Å². The zero-order valence-corrected chi connectivity index (χ0v) is 9.15. The van der Waals surface area contributed by atoms with E-state index in [2.05, 4.69) is 18.7 Å². The average Bonchev–Trinajstić information content (AvgIpc) is 2.61. The van der Waals surface area contributed by atoms with Gasteiger partial charge in [-0.3, -0.25) is 0 Å². The van der Waals surface area contributed by atoms with E-state index in [9.17, 15) is 0 Å². The van der Waals surface area contributed by atoms with Crippen LogP contribution >= 0.6 is 24.0 Å². The second-order valence-electron chi connectivity index (χ2n) is 2.79. The Hall–Kier alpha value is -1.18. The molecule has 2 nitrogen and oxygen atoms in total. The number of hydrogen-bond acceptors (Lipinski definition) is 4. The van der Waals surface area contributed by atoms with Crippen molar-refractivity contribution in [1.82, 2.24) is 0 Å². The van der Waals surface area contributed by atoms with Gasteiger partial charge in [0, 0.05) is 21.0 Å². The molecular weight excluding hydrogens is 214 g/mol. The maximum Gasteiger partial charge on any atom is 0.174 e. The molecule has 0 atom stereocenters. The van der Waals surface area contributed by atoms with Gasteiger partial charge in [0.25, 0.3) is 0 Å². The summed E-state index contributed by atoms with van der Waals surface area (Å²) in [4.78, 5) is 0.818. The molecular formula is C10H7NOS2. The van der Waals surface area contributed by atoms with E-state index >= 15 is 0 Å². The fourth-order valence-electron chi connectivity index (χ4n) is 1.26. The standard InChI is InChI=1S/C10H7NOS2/c1-12-10-4-7-8(13)2-6(5-11)3-9(7)14-10/h2-4,13H,1H3. The molecule has 0 bridgehead atoms. The van der Waals surface area contributed by atoms with Crippen molar-refractivity contribution in [3.63, 3.8) is 0 Å². The number of benzene rings is 1. The van der Waals surface area contributed by atoms with Gasteiger partial charge >= 0.3 is 0 Å². The number of nitrogens with zero attached hydrogens (tertiary/aromatic N) is 1. The summed E-state index contributed by atoms with van der Waals surface area (Å²) < 4.78 is 6.16. The molecule has 2 aromatic rings. The number of nitriles is 1. The summed E-state index contributed by atoms with van der Waals surface area (Å²) in [6.07, 6.45) is 0. The van der Waals surface area contributed by atoms with Crippen LogP contribution in [0, 0.1) is 11.3 Å². The molecule has 70 valence electrons. The van der Waals surface area contributed by atoms with E-state index in [1.807, 2.05) is 12.1 Å². The number of rotatable bonds is 1. The minimum atomic E-state index is 0.631. The van der Waals surface area contributed by atoms with Crippen LogP contribution in [0.25, 0.3) is 10.1 Å². The monoisotopic (exact) mass is 221 g/mol. The van der Waals surface area contributed by atoms with Gasteiger partial charge in [0.05, 0.1) is 18.7 Å². The molecule has 1 heterocycles. The zero-order chi connectivity index (χ0) is 10.1. The summed E-state index contributed by atoms with van der Waals surface area (Å²) in [5.74, 6) is 0. The first-order valence-corrected chi connectivity index (χ1v) is 5.21. The minimum absolute atomic E-state index is 0.631. The van der Waals surface area contributed by atoms with Crippen LogP contribution in [0.15, 0.2) is 23.1 Å². The van der Waals surface area contributed by atoms with Gasteiger partial charge in [-0.15, -0.1) is 12.6 Å². The lowest BCUT2D eigenvalue weighted by Gasteiger charge is -1.94. The smallest absolute Gasteiger partial charge is 0.174 e. The summed E-state index contributed by atoms with van der Waals surface area (Å²) in [6, 6.07) is 7.65. The first-order chi connectivity index (χ1) is 6.74. The number of methoxy groups -OCH3 is 1. The van der Waals surface area contributed by atoms with E-state index in [1.165, 1.54) is 11.3 Å². The highest BCUT2D eigenvalue weighted by molar-refractivity contribution is 7.80. The molecule has 14 heavy (non-hydrogen) atoms. The Balaban J connectivity index is 2.75. The Morgan fingerprint density at radius 1 is 1.43 bits per heavy atom. The summed E-state index contributed by atoms with van der Waals surface area (Å²) in [5, 5.41) is 10.6.